The van der Waals surface area contributed by atoms with Crippen LogP contribution in [-0.2, 0) is 4.74 Å². The van der Waals surface area contributed by atoms with E-state index in [-0.39, 0.29) is 11.7 Å². The number of ketones is 1. The fraction of sp³-hybridized carbons (Fsp3) is 0.385. The van der Waals surface area contributed by atoms with Gasteiger partial charge in [0, 0.05) is 43.2 Å². The highest BCUT2D eigenvalue weighted by Gasteiger charge is 2.25. The van der Waals surface area contributed by atoms with Crippen molar-refractivity contribution in [1.29, 1.82) is 0 Å². The fourth-order valence-electron chi connectivity index (χ4n) is 4.48. The molecular formula is C26H30N6O2. The van der Waals surface area contributed by atoms with E-state index < -0.39 is 0 Å². The summed E-state index contributed by atoms with van der Waals surface area (Å²) in [7, 11) is 0. The molecule has 0 spiro atoms. The van der Waals surface area contributed by atoms with Crippen LogP contribution in [0, 0.1) is 0 Å². The number of H-pyrrole nitrogens is 1. The van der Waals surface area contributed by atoms with Gasteiger partial charge in [0.1, 0.15) is 5.82 Å². The molecular weight excluding hydrogens is 428 g/mol. The number of aromatic amines is 1. The van der Waals surface area contributed by atoms with Crippen molar-refractivity contribution in [3.63, 3.8) is 0 Å². The van der Waals surface area contributed by atoms with E-state index in [0.29, 0.717) is 30.3 Å². The number of likely N-dealkylation sites (tertiary alicyclic amines) is 1. The number of guanidine groups is 1. The molecule has 176 valence electrons. The van der Waals surface area contributed by atoms with Crippen molar-refractivity contribution in [2.24, 2.45) is 4.99 Å². The van der Waals surface area contributed by atoms with Crippen LogP contribution in [0.25, 0.3) is 0 Å². The second-order valence-electron chi connectivity index (χ2n) is 8.77. The van der Waals surface area contributed by atoms with Crippen molar-refractivity contribution in [2.45, 2.75) is 25.7 Å². The monoisotopic (exact) mass is 458 g/mol. The van der Waals surface area contributed by atoms with Crippen LogP contribution >= 0.6 is 0 Å². The Balaban J connectivity index is 1.37. The van der Waals surface area contributed by atoms with E-state index >= 15 is 0 Å². The topological polar surface area (TPSA) is 86.7 Å². The number of nitrogens with zero attached hydrogens (tertiary/aromatic N) is 5. The van der Waals surface area contributed by atoms with E-state index in [1.54, 1.807) is 0 Å². The van der Waals surface area contributed by atoms with Gasteiger partial charge in [0.25, 0.3) is 5.95 Å². The van der Waals surface area contributed by atoms with E-state index in [2.05, 4.69) is 26.9 Å². The maximum absolute atomic E-state index is 12.9. The summed E-state index contributed by atoms with van der Waals surface area (Å²) < 4.78 is 5.53. The van der Waals surface area contributed by atoms with Gasteiger partial charge >= 0.3 is 0 Å². The van der Waals surface area contributed by atoms with Crippen LogP contribution in [0.5, 0.6) is 0 Å². The molecule has 2 saturated heterocycles. The van der Waals surface area contributed by atoms with Gasteiger partial charge in [0.2, 0.25) is 5.96 Å². The van der Waals surface area contributed by atoms with Gasteiger partial charge in [-0.1, -0.05) is 55.5 Å². The smallest absolute Gasteiger partial charge is 0.271 e. The number of aromatic nitrogens is 3. The highest BCUT2D eigenvalue weighted by molar-refractivity contribution is 6.09. The average Bonchev–Trinajstić information content (AvgIpc) is 3.60. The molecule has 2 aliphatic rings. The minimum Gasteiger partial charge on any atom is -0.378 e. The Labute approximate surface area is 199 Å². The van der Waals surface area contributed by atoms with Crippen LogP contribution in [0.4, 0.5) is 5.95 Å². The SMILES string of the molecule is CC(c1cccc(C(=O)c2ccccc2)c1)c1nc(/N=C(\N2CCCC2)N2CCOCC2)n[nH]1. The third-order valence-corrected chi connectivity index (χ3v) is 6.47. The number of ether oxygens (including phenoxy) is 1. The number of hydrogen-bond acceptors (Lipinski definition) is 5. The molecule has 0 amide bonds. The average molecular weight is 459 g/mol. The molecule has 34 heavy (non-hydrogen) atoms. The lowest BCUT2D eigenvalue weighted by Crippen LogP contribution is -2.48. The normalized spacial score (nSPS) is 17.7. The Kier molecular flexibility index (Phi) is 6.67. The zero-order valence-electron chi connectivity index (χ0n) is 19.5. The van der Waals surface area contributed by atoms with Gasteiger partial charge in [-0.25, -0.2) is 0 Å². The summed E-state index contributed by atoms with van der Waals surface area (Å²) in [6.07, 6.45) is 2.36. The summed E-state index contributed by atoms with van der Waals surface area (Å²) in [4.78, 5) is 27.0. The zero-order chi connectivity index (χ0) is 23.3. The van der Waals surface area contributed by atoms with Crippen molar-refractivity contribution in [3.8, 4) is 0 Å². The summed E-state index contributed by atoms with van der Waals surface area (Å²) in [6, 6.07) is 17.1. The molecule has 0 radical (unpaired) electrons. The number of carbonyl (C=O) groups excluding carboxylic acids is 1. The molecule has 0 bridgehead atoms. The fourth-order valence-corrected chi connectivity index (χ4v) is 4.48. The summed E-state index contributed by atoms with van der Waals surface area (Å²) in [5, 5.41) is 7.47. The van der Waals surface area contributed by atoms with Crippen molar-refractivity contribution in [3.05, 3.63) is 77.1 Å². The first-order chi connectivity index (χ1) is 16.7. The predicted octanol–water partition coefficient (Wildman–Crippen LogP) is 3.60. The van der Waals surface area contributed by atoms with Crippen LogP contribution in [0.1, 0.15) is 53.0 Å². The molecule has 1 unspecified atom stereocenters. The Morgan fingerprint density at radius 1 is 0.971 bits per heavy atom. The summed E-state index contributed by atoms with van der Waals surface area (Å²) in [6.45, 7) is 7.14. The molecule has 2 aliphatic heterocycles. The molecule has 0 saturated carbocycles. The predicted molar refractivity (Wildman–Crippen MR) is 131 cm³/mol. The molecule has 8 heteroatoms. The molecule has 3 heterocycles. The Morgan fingerprint density at radius 3 is 2.44 bits per heavy atom. The van der Waals surface area contributed by atoms with E-state index in [9.17, 15) is 4.79 Å². The molecule has 5 rings (SSSR count). The molecule has 1 aromatic heterocycles. The second-order valence-corrected chi connectivity index (χ2v) is 8.77. The quantitative estimate of drug-likeness (QED) is 0.357. The summed E-state index contributed by atoms with van der Waals surface area (Å²) in [5.41, 5.74) is 2.35. The van der Waals surface area contributed by atoms with E-state index in [4.69, 9.17) is 14.7 Å². The lowest BCUT2D eigenvalue weighted by atomic mass is 9.95. The maximum atomic E-state index is 12.9. The van der Waals surface area contributed by atoms with Gasteiger partial charge in [0.15, 0.2) is 5.78 Å². The van der Waals surface area contributed by atoms with E-state index in [0.717, 1.165) is 43.5 Å². The number of morpholine rings is 1. The third-order valence-electron chi connectivity index (χ3n) is 6.47. The molecule has 1 N–H and O–H groups in total. The first-order valence-electron chi connectivity index (χ1n) is 12.0. The van der Waals surface area contributed by atoms with Gasteiger partial charge in [-0.15, -0.1) is 5.10 Å². The van der Waals surface area contributed by atoms with Crippen molar-refractivity contribution in [1.82, 2.24) is 25.0 Å². The number of benzene rings is 2. The van der Waals surface area contributed by atoms with Gasteiger partial charge in [-0.3, -0.25) is 9.89 Å². The Bertz CT molecular complexity index is 1150. The van der Waals surface area contributed by atoms with E-state index in [1.165, 1.54) is 12.8 Å². The lowest BCUT2D eigenvalue weighted by Gasteiger charge is -2.34. The van der Waals surface area contributed by atoms with Crippen molar-refractivity contribution in [2.75, 3.05) is 39.4 Å². The van der Waals surface area contributed by atoms with Gasteiger partial charge in [-0.2, -0.15) is 9.98 Å². The van der Waals surface area contributed by atoms with Crippen LogP contribution < -0.4 is 0 Å². The minimum absolute atomic E-state index is 0.0123. The van der Waals surface area contributed by atoms with Crippen LogP contribution in [0.3, 0.4) is 0 Å². The number of hydrogen-bond donors (Lipinski definition) is 1. The van der Waals surface area contributed by atoms with Gasteiger partial charge in [0.05, 0.1) is 13.2 Å². The number of aliphatic imine (C=N–C) groups is 1. The molecule has 0 aliphatic carbocycles. The first-order valence-corrected chi connectivity index (χ1v) is 12.0. The number of carbonyl (C=O) groups is 1. The molecule has 1 atom stereocenters. The van der Waals surface area contributed by atoms with Gasteiger partial charge < -0.3 is 14.5 Å². The zero-order valence-corrected chi connectivity index (χ0v) is 19.5. The Hall–Kier alpha value is -3.52. The largest absolute Gasteiger partial charge is 0.378 e. The summed E-state index contributed by atoms with van der Waals surface area (Å²) >= 11 is 0. The van der Waals surface area contributed by atoms with Crippen molar-refractivity contribution < 1.29 is 9.53 Å². The minimum atomic E-state index is -0.0569. The Morgan fingerprint density at radius 2 is 1.68 bits per heavy atom. The van der Waals surface area contributed by atoms with Crippen LogP contribution in [0.2, 0.25) is 0 Å². The standard InChI is InChI=1S/C26H30N6O2/c1-19(21-10-7-11-22(18-21)23(33)20-8-3-2-4-9-20)24-27-25(30-29-24)28-26(31-12-5-6-13-31)32-14-16-34-17-15-32/h2-4,7-11,18-19H,5-6,12-17H2,1H3,(H,27,29,30)/b28-26+. The number of rotatable bonds is 5. The highest BCUT2D eigenvalue weighted by atomic mass is 16.5. The second kappa shape index (κ2) is 10.2. The van der Waals surface area contributed by atoms with Crippen LogP contribution in [0.15, 0.2) is 59.6 Å². The highest BCUT2D eigenvalue weighted by Crippen LogP contribution is 2.25. The van der Waals surface area contributed by atoms with Gasteiger partial charge in [-0.05, 0) is 24.5 Å². The lowest BCUT2D eigenvalue weighted by molar-refractivity contribution is 0.0630. The van der Waals surface area contributed by atoms with Crippen LogP contribution in [-0.4, -0.2) is 76.1 Å². The summed E-state index contributed by atoms with van der Waals surface area (Å²) in [5.74, 6) is 2.06. The molecule has 2 aromatic carbocycles. The first kappa shape index (κ1) is 22.3. The van der Waals surface area contributed by atoms with Crippen molar-refractivity contribution >= 4 is 17.7 Å². The molecule has 3 aromatic rings. The third kappa shape index (κ3) is 4.87. The molecule has 2 fully saturated rings. The molecule has 8 nitrogen and oxygen atoms in total. The maximum Gasteiger partial charge on any atom is 0.271 e. The van der Waals surface area contributed by atoms with E-state index in [1.807, 2.05) is 54.6 Å². The number of nitrogens with one attached hydrogen (secondary N) is 1.